The Morgan fingerprint density at radius 2 is 2.10 bits per heavy atom. The highest BCUT2D eigenvalue weighted by atomic mass is 16.3. The number of hydrogen-bond donors (Lipinski definition) is 2. The van der Waals surface area contributed by atoms with Crippen LogP contribution in [0.5, 0.6) is 5.75 Å². The summed E-state index contributed by atoms with van der Waals surface area (Å²) in [5.41, 5.74) is 7.15. The summed E-state index contributed by atoms with van der Waals surface area (Å²) in [6, 6.07) is 5.36. The Morgan fingerprint density at radius 3 is 2.75 bits per heavy atom. The van der Waals surface area contributed by atoms with Gasteiger partial charge in [-0.05, 0) is 49.9 Å². The SMILES string of the molecule is Cc1ccc(C(=O)N(C)C2CCCCC2CN)c(O)c1. The van der Waals surface area contributed by atoms with Crippen LogP contribution in [0.4, 0.5) is 0 Å². The number of hydrogen-bond acceptors (Lipinski definition) is 3. The number of aromatic hydroxyl groups is 1. The van der Waals surface area contributed by atoms with Gasteiger partial charge in [0, 0.05) is 13.1 Å². The largest absolute Gasteiger partial charge is 0.507 e. The van der Waals surface area contributed by atoms with Gasteiger partial charge in [-0.25, -0.2) is 0 Å². The van der Waals surface area contributed by atoms with Gasteiger partial charge in [0.05, 0.1) is 5.56 Å². The molecule has 1 aliphatic rings. The molecule has 20 heavy (non-hydrogen) atoms. The van der Waals surface area contributed by atoms with Gasteiger partial charge in [0.25, 0.3) is 5.91 Å². The summed E-state index contributed by atoms with van der Waals surface area (Å²) in [6.45, 7) is 2.51. The molecular formula is C16H24N2O2. The summed E-state index contributed by atoms with van der Waals surface area (Å²) < 4.78 is 0. The number of aryl methyl sites for hydroxylation is 1. The molecule has 0 radical (unpaired) electrons. The van der Waals surface area contributed by atoms with Crippen molar-refractivity contribution in [3.63, 3.8) is 0 Å². The second-order valence-corrected chi connectivity index (χ2v) is 5.78. The lowest BCUT2D eigenvalue weighted by molar-refractivity contribution is 0.0617. The number of nitrogens with zero attached hydrogens (tertiary/aromatic N) is 1. The average molecular weight is 276 g/mol. The fraction of sp³-hybridized carbons (Fsp3) is 0.562. The van der Waals surface area contributed by atoms with Crippen LogP contribution >= 0.6 is 0 Å². The molecule has 0 aromatic heterocycles. The Balaban J connectivity index is 2.18. The second-order valence-electron chi connectivity index (χ2n) is 5.78. The zero-order valence-electron chi connectivity index (χ0n) is 12.3. The van der Waals surface area contributed by atoms with Gasteiger partial charge in [-0.15, -0.1) is 0 Å². The topological polar surface area (TPSA) is 66.6 Å². The lowest BCUT2D eigenvalue weighted by atomic mass is 9.83. The van der Waals surface area contributed by atoms with Crippen molar-refractivity contribution >= 4 is 5.91 Å². The molecule has 2 atom stereocenters. The van der Waals surface area contributed by atoms with Crippen LogP contribution in [0.3, 0.4) is 0 Å². The molecule has 3 N–H and O–H groups in total. The van der Waals surface area contributed by atoms with E-state index in [9.17, 15) is 9.90 Å². The fourth-order valence-electron chi connectivity index (χ4n) is 3.14. The predicted octanol–water partition coefficient (Wildman–Crippen LogP) is 2.29. The number of amides is 1. The van der Waals surface area contributed by atoms with Gasteiger partial charge >= 0.3 is 0 Å². The van der Waals surface area contributed by atoms with Gasteiger partial charge in [0.15, 0.2) is 0 Å². The maximum Gasteiger partial charge on any atom is 0.257 e. The Hall–Kier alpha value is -1.55. The van der Waals surface area contributed by atoms with E-state index in [1.807, 2.05) is 20.0 Å². The first kappa shape index (κ1) is 14.9. The van der Waals surface area contributed by atoms with Gasteiger partial charge in [0.2, 0.25) is 0 Å². The zero-order valence-corrected chi connectivity index (χ0v) is 12.3. The number of rotatable bonds is 3. The Morgan fingerprint density at radius 1 is 1.40 bits per heavy atom. The van der Waals surface area contributed by atoms with Crippen molar-refractivity contribution in [3.8, 4) is 5.75 Å². The number of carbonyl (C=O) groups excluding carboxylic acids is 1. The van der Waals surface area contributed by atoms with Crippen LogP contribution in [-0.2, 0) is 0 Å². The minimum absolute atomic E-state index is 0.0574. The zero-order chi connectivity index (χ0) is 14.7. The van der Waals surface area contributed by atoms with Crippen molar-refractivity contribution in [2.75, 3.05) is 13.6 Å². The van der Waals surface area contributed by atoms with Crippen LogP contribution in [0.1, 0.15) is 41.6 Å². The molecule has 2 rings (SSSR count). The number of nitrogens with two attached hydrogens (primary N) is 1. The smallest absolute Gasteiger partial charge is 0.257 e. The molecule has 0 heterocycles. The first-order chi connectivity index (χ1) is 9.54. The highest BCUT2D eigenvalue weighted by Gasteiger charge is 2.31. The monoisotopic (exact) mass is 276 g/mol. The predicted molar refractivity (Wildman–Crippen MR) is 79.7 cm³/mol. The molecule has 1 aromatic rings. The summed E-state index contributed by atoms with van der Waals surface area (Å²) >= 11 is 0. The highest BCUT2D eigenvalue weighted by molar-refractivity contribution is 5.97. The van der Waals surface area contributed by atoms with E-state index in [1.54, 1.807) is 17.0 Å². The van der Waals surface area contributed by atoms with Crippen LogP contribution in [0, 0.1) is 12.8 Å². The molecular weight excluding hydrogens is 252 g/mol. The number of carbonyl (C=O) groups is 1. The number of phenols is 1. The van der Waals surface area contributed by atoms with Gasteiger partial charge in [-0.2, -0.15) is 0 Å². The average Bonchev–Trinajstić information content (AvgIpc) is 2.45. The van der Waals surface area contributed by atoms with Crippen LogP contribution in [0.25, 0.3) is 0 Å². The van der Waals surface area contributed by atoms with Crippen molar-refractivity contribution in [2.24, 2.45) is 11.7 Å². The summed E-state index contributed by atoms with van der Waals surface area (Å²) in [6.07, 6.45) is 4.41. The number of phenolic OH excluding ortho intramolecular Hbond substituents is 1. The van der Waals surface area contributed by atoms with E-state index < -0.39 is 0 Å². The molecule has 1 aliphatic carbocycles. The molecule has 4 heteroatoms. The maximum absolute atomic E-state index is 12.6. The lowest BCUT2D eigenvalue weighted by Crippen LogP contribution is -2.45. The molecule has 110 valence electrons. The van der Waals surface area contributed by atoms with Crippen LogP contribution in [-0.4, -0.2) is 35.5 Å². The van der Waals surface area contributed by atoms with Crippen molar-refractivity contribution in [2.45, 2.75) is 38.6 Å². The first-order valence-electron chi connectivity index (χ1n) is 7.31. The van der Waals surface area contributed by atoms with Crippen molar-refractivity contribution in [1.29, 1.82) is 0 Å². The van der Waals surface area contributed by atoms with Crippen LogP contribution in [0.2, 0.25) is 0 Å². The third-order valence-electron chi connectivity index (χ3n) is 4.37. The minimum Gasteiger partial charge on any atom is -0.507 e. The summed E-state index contributed by atoms with van der Waals surface area (Å²) in [5.74, 6) is 0.306. The van der Waals surface area contributed by atoms with E-state index in [0.717, 1.165) is 24.8 Å². The first-order valence-corrected chi connectivity index (χ1v) is 7.31. The van der Waals surface area contributed by atoms with E-state index in [4.69, 9.17) is 5.73 Å². The summed E-state index contributed by atoms with van der Waals surface area (Å²) in [4.78, 5) is 14.3. The van der Waals surface area contributed by atoms with Gasteiger partial charge in [-0.3, -0.25) is 4.79 Å². The van der Waals surface area contributed by atoms with Gasteiger partial charge in [-0.1, -0.05) is 18.9 Å². The Labute approximate surface area is 120 Å². The normalized spacial score (nSPS) is 22.6. The molecule has 0 saturated heterocycles. The minimum atomic E-state index is -0.118. The molecule has 4 nitrogen and oxygen atoms in total. The van der Waals surface area contributed by atoms with Gasteiger partial charge in [0.1, 0.15) is 5.75 Å². The second kappa shape index (κ2) is 6.27. The van der Waals surface area contributed by atoms with E-state index >= 15 is 0 Å². The van der Waals surface area contributed by atoms with Crippen molar-refractivity contribution in [1.82, 2.24) is 4.90 Å². The van der Waals surface area contributed by atoms with Crippen LogP contribution < -0.4 is 5.73 Å². The van der Waals surface area contributed by atoms with E-state index in [1.165, 1.54) is 6.42 Å². The molecule has 0 spiro atoms. The van der Waals surface area contributed by atoms with Crippen molar-refractivity contribution < 1.29 is 9.90 Å². The van der Waals surface area contributed by atoms with E-state index in [-0.39, 0.29) is 17.7 Å². The third kappa shape index (κ3) is 2.96. The molecule has 0 bridgehead atoms. The van der Waals surface area contributed by atoms with E-state index in [2.05, 4.69) is 0 Å². The third-order valence-corrected chi connectivity index (χ3v) is 4.37. The van der Waals surface area contributed by atoms with Gasteiger partial charge < -0.3 is 15.7 Å². The Bertz CT molecular complexity index is 487. The summed E-state index contributed by atoms with van der Waals surface area (Å²) in [7, 11) is 1.82. The molecule has 2 unspecified atom stereocenters. The lowest BCUT2D eigenvalue weighted by Gasteiger charge is -2.37. The van der Waals surface area contributed by atoms with Crippen molar-refractivity contribution in [3.05, 3.63) is 29.3 Å². The molecule has 1 saturated carbocycles. The Kier molecular flexibility index (Phi) is 4.65. The molecule has 1 aromatic carbocycles. The molecule has 1 amide bonds. The standard InChI is InChI=1S/C16H24N2O2/c1-11-7-8-13(15(19)9-11)16(20)18(2)14-6-4-3-5-12(14)10-17/h7-9,12,14,19H,3-6,10,17H2,1-2H3. The maximum atomic E-state index is 12.6. The molecule has 0 aliphatic heterocycles. The quantitative estimate of drug-likeness (QED) is 0.890. The fourth-order valence-corrected chi connectivity index (χ4v) is 3.14. The summed E-state index contributed by atoms with van der Waals surface area (Å²) in [5, 5.41) is 9.96. The van der Waals surface area contributed by atoms with E-state index in [0.29, 0.717) is 18.0 Å². The molecule has 1 fully saturated rings. The number of benzene rings is 1. The highest BCUT2D eigenvalue weighted by Crippen LogP contribution is 2.29. The van der Waals surface area contributed by atoms with Crippen LogP contribution in [0.15, 0.2) is 18.2 Å².